The average Bonchev–Trinajstić information content (AvgIpc) is 3.78. The minimum Gasteiger partial charge on any atom is -0.456 e. The van der Waals surface area contributed by atoms with E-state index < -0.39 is 0 Å². The number of rotatable bonds is 1. The summed E-state index contributed by atoms with van der Waals surface area (Å²) in [6.07, 6.45) is 1.76. The van der Waals surface area contributed by atoms with Crippen molar-refractivity contribution >= 4 is 65.6 Å². The zero-order valence-electron chi connectivity index (χ0n) is 25.2. The van der Waals surface area contributed by atoms with Crippen LogP contribution < -0.4 is 0 Å². The van der Waals surface area contributed by atoms with Gasteiger partial charge >= 0.3 is 0 Å². The van der Waals surface area contributed by atoms with E-state index in [0.29, 0.717) is 17.7 Å². The first kappa shape index (κ1) is 25.0. The molecule has 0 atom stereocenters. The van der Waals surface area contributed by atoms with E-state index in [4.69, 9.17) is 19.4 Å². The molecule has 0 N–H and O–H groups in total. The van der Waals surface area contributed by atoms with Crippen molar-refractivity contribution in [3.63, 3.8) is 0 Å². The molecule has 0 fully saturated rings. The SMILES string of the molecule is c1ccc2c(c1)oc1cccc(-c3nc4nc(n3)-n3c5ccccc5c5cccc(c53)CCc3cccc5c6ccccc6n-4c35)c12. The van der Waals surface area contributed by atoms with Crippen molar-refractivity contribution in [1.82, 2.24) is 24.1 Å². The van der Waals surface area contributed by atoms with E-state index in [1.165, 1.54) is 32.7 Å². The van der Waals surface area contributed by atoms with E-state index in [9.17, 15) is 0 Å². The molecule has 6 heteroatoms. The van der Waals surface area contributed by atoms with Crippen molar-refractivity contribution in [2.45, 2.75) is 12.8 Å². The maximum atomic E-state index is 6.31. The Kier molecular flexibility index (Phi) is 4.86. The van der Waals surface area contributed by atoms with Crippen LogP contribution in [0.5, 0.6) is 0 Å². The highest BCUT2D eigenvalue weighted by atomic mass is 16.3. The van der Waals surface area contributed by atoms with E-state index >= 15 is 0 Å². The van der Waals surface area contributed by atoms with Crippen LogP contribution in [0.25, 0.3) is 88.8 Å². The monoisotopic (exact) mass is 603 g/mol. The summed E-state index contributed by atoms with van der Waals surface area (Å²) in [5.74, 6) is 1.80. The third kappa shape index (κ3) is 3.36. The smallest absolute Gasteiger partial charge is 0.240 e. The number of fused-ring (bicyclic) bond motifs is 13. The van der Waals surface area contributed by atoms with Gasteiger partial charge in [0.25, 0.3) is 0 Å². The highest BCUT2D eigenvalue weighted by Gasteiger charge is 2.25. The normalized spacial score (nSPS) is 12.9. The molecule has 0 spiro atoms. The predicted molar refractivity (Wildman–Crippen MR) is 189 cm³/mol. The van der Waals surface area contributed by atoms with E-state index in [-0.39, 0.29) is 0 Å². The molecule has 6 nitrogen and oxygen atoms in total. The van der Waals surface area contributed by atoms with Gasteiger partial charge in [0.05, 0.1) is 22.1 Å². The molecule has 0 radical (unpaired) electrons. The van der Waals surface area contributed by atoms with Gasteiger partial charge in [-0.05, 0) is 48.2 Å². The van der Waals surface area contributed by atoms with E-state index in [0.717, 1.165) is 62.4 Å². The third-order valence-corrected chi connectivity index (χ3v) is 9.88. The lowest BCUT2D eigenvalue weighted by Crippen LogP contribution is -2.10. The number of nitrogens with zero attached hydrogens (tertiary/aromatic N) is 5. The number of aromatic nitrogens is 5. The van der Waals surface area contributed by atoms with Gasteiger partial charge in [0.1, 0.15) is 11.2 Å². The molecule has 0 saturated heterocycles. The summed E-state index contributed by atoms with van der Waals surface area (Å²) in [6.45, 7) is 0. The predicted octanol–water partition coefficient (Wildman–Crippen LogP) is 9.73. The first-order valence-electron chi connectivity index (χ1n) is 16.0. The summed E-state index contributed by atoms with van der Waals surface area (Å²) < 4.78 is 10.8. The van der Waals surface area contributed by atoms with Crippen molar-refractivity contribution < 1.29 is 4.42 Å². The topological polar surface area (TPSA) is 61.7 Å². The van der Waals surface area contributed by atoms with Crippen LogP contribution in [0.2, 0.25) is 0 Å². The molecule has 0 amide bonds. The zero-order chi connectivity index (χ0) is 30.6. The van der Waals surface area contributed by atoms with Gasteiger partial charge in [-0.25, -0.2) is 0 Å². The fourth-order valence-corrected chi connectivity index (χ4v) is 7.90. The van der Waals surface area contributed by atoms with Crippen molar-refractivity contribution in [2.24, 2.45) is 0 Å². The van der Waals surface area contributed by atoms with Crippen molar-refractivity contribution in [3.05, 3.63) is 139 Å². The van der Waals surface area contributed by atoms with Crippen molar-refractivity contribution in [1.29, 1.82) is 0 Å². The molecule has 10 aromatic rings. The van der Waals surface area contributed by atoms with Gasteiger partial charge in [-0.1, -0.05) is 103 Å². The van der Waals surface area contributed by atoms with Crippen LogP contribution in [0.3, 0.4) is 0 Å². The highest BCUT2D eigenvalue weighted by Crippen LogP contribution is 2.40. The molecule has 1 aliphatic heterocycles. The van der Waals surface area contributed by atoms with E-state index in [1.807, 2.05) is 30.3 Å². The van der Waals surface area contributed by atoms with Crippen molar-refractivity contribution in [3.8, 4) is 23.3 Å². The number of hydrogen-bond acceptors (Lipinski definition) is 4. The highest BCUT2D eigenvalue weighted by molar-refractivity contribution is 6.13. The van der Waals surface area contributed by atoms with Crippen LogP contribution in [-0.4, -0.2) is 24.1 Å². The van der Waals surface area contributed by atoms with Gasteiger partial charge < -0.3 is 4.42 Å². The molecule has 11 rings (SSSR count). The molecule has 1 aliphatic rings. The Morgan fingerprint density at radius 1 is 0.447 bits per heavy atom. The van der Waals surface area contributed by atoms with Gasteiger partial charge in [-0.3, -0.25) is 9.13 Å². The number of aryl methyl sites for hydroxylation is 2. The molecule has 2 bridgehead atoms. The Morgan fingerprint density at radius 2 is 0.957 bits per heavy atom. The Hall–Kier alpha value is -6.27. The second kappa shape index (κ2) is 9.14. The fourth-order valence-electron chi connectivity index (χ4n) is 7.90. The first-order valence-corrected chi connectivity index (χ1v) is 16.0. The molecule has 4 aromatic heterocycles. The zero-order valence-corrected chi connectivity index (χ0v) is 25.2. The lowest BCUT2D eigenvalue weighted by molar-refractivity contribution is 0.669. The van der Waals surface area contributed by atoms with Gasteiger partial charge in [0.2, 0.25) is 11.9 Å². The van der Waals surface area contributed by atoms with Crippen LogP contribution in [0.4, 0.5) is 0 Å². The second-order valence-electron chi connectivity index (χ2n) is 12.4. The maximum Gasteiger partial charge on any atom is 0.240 e. The molecule has 6 aromatic carbocycles. The molecular weight excluding hydrogens is 578 g/mol. The van der Waals surface area contributed by atoms with E-state index in [1.54, 1.807) is 0 Å². The number of benzene rings is 6. The number of hydrogen-bond donors (Lipinski definition) is 0. The Morgan fingerprint density at radius 3 is 1.60 bits per heavy atom. The fraction of sp³-hybridized carbons (Fsp3) is 0.0488. The maximum absolute atomic E-state index is 6.31. The van der Waals surface area contributed by atoms with Crippen molar-refractivity contribution in [2.75, 3.05) is 0 Å². The molecule has 220 valence electrons. The summed E-state index contributed by atoms with van der Waals surface area (Å²) >= 11 is 0. The van der Waals surface area contributed by atoms with Crippen LogP contribution in [0, 0.1) is 0 Å². The molecule has 5 heterocycles. The quantitative estimate of drug-likeness (QED) is 0.187. The third-order valence-electron chi connectivity index (χ3n) is 9.88. The van der Waals surface area contributed by atoms with Gasteiger partial charge in [-0.15, -0.1) is 0 Å². The lowest BCUT2D eigenvalue weighted by atomic mass is 10.00. The van der Waals surface area contributed by atoms with Crippen LogP contribution in [0.15, 0.2) is 132 Å². The summed E-state index contributed by atoms with van der Waals surface area (Å²) in [4.78, 5) is 16.0. The van der Waals surface area contributed by atoms with Crippen LogP contribution in [-0.2, 0) is 12.8 Å². The number of furan rings is 1. The number of para-hydroxylation sites is 5. The van der Waals surface area contributed by atoms with Crippen LogP contribution >= 0.6 is 0 Å². The average molecular weight is 604 g/mol. The summed E-state index contributed by atoms with van der Waals surface area (Å²) in [6, 6.07) is 44.8. The molecule has 47 heavy (non-hydrogen) atoms. The van der Waals surface area contributed by atoms with Crippen LogP contribution in [0.1, 0.15) is 11.1 Å². The van der Waals surface area contributed by atoms with Gasteiger partial charge in [-0.2, -0.15) is 15.0 Å². The second-order valence-corrected chi connectivity index (χ2v) is 12.4. The molecule has 0 saturated carbocycles. The van der Waals surface area contributed by atoms with E-state index in [2.05, 4.69) is 106 Å². The summed E-state index contributed by atoms with van der Waals surface area (Å²) in [5, 5.41) is 6.81. The Balaban J connectivity index is 1.35. The molecule has 0 unspecified atom stereocenters. The molecule has 0 aliphatic carbocycles. The van der Waals surface area contributed by atoms with Gasteiger partial charge in [0.15, 0.2) is 5.82 Å². The first-order chi connectivity index (χ1) is 23.3. The van der Waals surface area contributed by atoms with Gasteiger partial charge in [0, 0.05) is 37.9 Å². The Labute approximate surface area is 268 Å². The minimum absolute atomic E-state index is 0.596. The largest absolute Gasteiger partial charge is 0.456 e. The summed E-state index contributed by atoms with van der Waals surface area (Å²) in [5.41, 5.74) is 9.54. The standard InChI is InChI=1S/C41H25N5O/c1-4-18-32-26(12-1)28-15-7-10-24-22-23-25-11-8-16-29-27-13-2-5-19-33(27)46(38(25)29)41-43-39(42-40(44-41)45(32)37(24)28)31-17-9-21-35-36(31)30-14-3-6-20-34(30)47-35/h1-21H,22-23H2. The molecular formula is C41H25N5O. The summed E-state index contributed by atoms with van der Waals surface area (Å²) in [7, 11) is 0. The minimum atomic E-state index is 0.596. The lowest BCUT2D eigenvalue weighted by Gasteiger charge is -2.13. The Bertz CT molecular complexity index is 2790.